The number of carbonyl (C=O) groups excluding carboxylic acids is 1. The van der Waals surface area contributed by atoms with Crippen LogP contribution in [0.1, 0.15) is 26.2 Å². The molecule has 1 fully saturated rings. The van der Waals surface area contributed by atoms with E-state index in [0.717, 1.165) is 25.8 Å². The quantitative estimate of drug-likeness (QED) is 0.705. The van der Waals surface area contributed by atoms with E-state index in [-0.39, 0.29) is 12.0 Å². The van der Waals surface area contributed by atoms with Crippen LogP contribution in [-0.2, 0) is 14.3 Å². The number of methoxy groups -OCH3 is 2. The van der Waals surface area contributed by atoms with Crippen molar-refractivity contribution in [3.63, 3.8) is 0 Å². The number of hydrogen-bond donors (Lipinski definition) is 2. The Bertz CT molecular complexity index is 240. The van der Waals surface area contributed by atoms with Crippen LogP contribution in [0.25, 0.3) is 0 Å². The maximum Gasteiger partial charge on any atom is 0.240 e. The van der Waals surface area contributed by atoms with Gasteiger partial charge in [0.25, 0.3) is 0 Å². The van der Waals surface area contributed by atoms with Gasteiger partial charge in [-0.05, 0) is 32.7 Å². The lowest BCUT2D eigenvalue weighted by molar-refractivity contribution is -0.128. The van der Waals surface area contributed by atoms with E-state index >= 15 is 0 Å². The predicted octanol–water partition coefficient (Wildman–Crippen LogP) is 0.296. The molecule has 2 atom stereocenters. The van der Waals surface area contributed by atoms with Crippen molar-refractivity contribution in [1.29, 1.82) is 0 Å². The molecule has 0 spiro atoms. The number of amides is 1. The zero-order valence-electron chi connectivity index (χ0n) is 11.0. The van der Waals surface area contributed by atoms with Gasteiger partial charge in [-0.3, -0.25) is 4.79 Å². The van der Waals surface area contributed by atoms with Crippen molar-refractivity contribution in [2.75, 3.05) is 33.9 Å². The smallest absolute Gasteiger partial charge is 0.240 e. The summed E-state index contributed by atoms with van der Waals surface area (Å²) in [6.07, 6.45) is 3.05. The Morgan fingerprint density at radius 3 is 2.76 bits per heavy atom. The van der Waals surface area contributed by atoms with Crippen molar-refractivity contribution < 1.29 is 14.3 Å². The second-order valence-corrected chi connectivity index (χ2v) is 4.74. The van der Waals surface area contributed by atoms with Gasteiger partial charge in [0, 0.05) is 20.8 Å². The summed E-state index contributed by atoms with van der Waals surface area (Å²) < 4.78 is 10.2. The van der Waals surface area contributed by atoms with Crippen molar-refractivity contribution in [3.8, 4) is 0 Å². The van der Waals surface area contributed by atoms with Gasteiger partial charge in [0.2, 0.25) is 5.91 Å². The minimum atomic E-state index is -0.427. The molecule has 0 bridgehead atoms. The fraction of sp³-hybridized carbons (Fsp3) is 0.917. The van der Waals surface area contributed by atoms with Crippen LogP contribution in [0.3, 0.4) is 0 Å². The van der Waals surface area contributed by atoms with Crippen LogP contribution in [0, 0.1) is 0 Å². The third-order valence-electron chi connectivity index (χ3n) is 3.30. The first-order valence-corrected chi connectivity index (χ1v) is 6.17. The van der Waals surface area contributed by atoms with Gasteiger partial charge < -0.3 is 20.1 Å². The van der Waals surface area contributed by atoms with Crippen molar-refractivity contribution in [1.82, 2.24) is 10.6 Å². The molecule has 100 valence electrons. The van der Waals surface area contributed by atoms with Crippen LogP contribution in [-0.4, -0.2) is 51.5 Å². The Morgan fingerprint density at radius 1 is 1.47 bits per heavy atom. The number of ether oxygens (including phenoxy) is 2. The monoisotopic (exact) mass is 244 g/mol. The van der Waals surface area contributed by atoms with Crippen LogP contribution in [0.4, 0.5) is 0 Å². The average molecular weight is 244 g/mol. The van der Waals surface area contributed by atoms with Crippen molar-refractivity contribution in [3.05, 3.63) is 0 Å². The first kappa shape index (κ1) is 14.4. The van der Waals surface area contributed by atoms with E-state index < -0.39 is 5.54 Å². The van der Waals surface area contributed by atoms with Crippen molar-refractivity contribution in [2.24, 2.45) is 0 Å². The van der Waals surface area contributed by atoms with Gasteiger partial charge in [0.1, 0.15) is 0 Å². The molecule has 2 N–H and O–H groups in total. The summed E-state index contributed by atoms with van der Waals surface area (Å²) in [5, 5.41) is 6.21. The fourth-order valence-electron chi connectivity index (χ4n) is 2.05. The molecule has 1 heterocycles. The molecular formula is C12H24N2O3. The molecule has 1 rings (SSSR count). The van der Waals surface area contributed by atoms with E-state index in [1.54, 1.807) is 14.2 Å². The third-order valence-corrected chi connectivity index (χ3v) is 3.30. The highest BCUT2D eigenvalue weighted by molar-refractivity contribution is 5.85. The van der Waals surface area contributed by atoms with Crippen LogP contribution in [0.15, 0.2) is 0 Å². The summed E-state index contributed by atoms with van der Waals surface area (Å²) >= 11 is 0. The molecule has 0 aromatic rings. The van der Waals surface area contributed by atoms with E-state index in [1.165, 1.54) is 0 Å². The highest BCUT2D eigenvalue weighted by Crippen LogP contribution is 2.18. The summed E-state index contributed by atoms with van der Waals surface area (Å²) in [6, 6.07) is 0. The van der Waals surface area contributed by atoms with Gasteiger partial charge in [-0.1, -0.05) is 0 Å². The van der Waals surface area contributed by atoms with Crippen molar-refractivity contribution >= 4 is 5.91 Å². The molecule has 1 amide bonds. The Hall–Kier alpha value is -0.650. The molecule has 0 aromatic heterocycles. The van der Waals surface area contributed by atoms with Gasteiger partial charge >= 0.3 is 0 Å². The maximum atomic E-state index is 12.1. The van der Waals surface area contributed by atoms with E-state index in [1.807, 2.05) is 6.92 Å². The van der Waals surface area contributed by atoms with Crippen LogP contribution in [0.5, 0.6) is 0 Å². The second-order valence-electron chi connectivity index (χ2n) is 4.74. The van der Waals surface area contributed by atoms with Gasteiger partial charge in [-0.2, -0.15) is 0 Å². The lowest BCUT2D eigenvalue weighted by Gasteiger charge is -2.33. The van der Waals surface area contributed by atoms with Crippen LogP contribution >= 0.6 is 0 Å². The highest BCUT2D eigenvalue weighted by atomic mass is 16.5. The second kappa shape index (κ2) is 6.93. The summed E-state index contributed by atoms with van der Waals surface area (Å²) in [6.45, 7) is 3.84. The maximum absolute atomic E-state index is 12.1. The molecule has 17 heavy (non-hydrogen) atoms. The lowest BCUT2D eigenvalue weighted by atomic mass is 9.90. The number of carbonyl (C=O) groups is 1. The SMILES string of the molecule is COCC(CNC(=O)C1(C)CCCCN1)OC. The van der Waals surface area contributed by atoms with Crippen LogP contribution in [0.2, 0.25) is 0 Å². The molecule has 0 radical (unpaired) electrons. The minimum absolute atomic E-state index is 0.0513. The summed E-state index contributed by atoms with van der Waals surface area (Å²) in [4.78, 5) is 12.1. The van der Waals surface area contributed by atoms with Gasteiger partial charge in [-0.25, -0.2) is 0 Å². The molecular weight excluding hydrogens is 220 g/mol. The van der Waals surface area contributed by atoms with Gasteiger partial charge in [0.15, 0.2) is 0 Å². The van der Waals surface area contributed by atoms with E-state index in [0.29, 0.717) is 13.2 Å². The first-order valence-electron chi connectivity index (χ1n) is 6.17. The summed E-state index contributed by atoms with van der Waals surface area (Å²) in [7, 11) is 3.24. The normalized spacial score (nSPS) is 26.5. The molecule has 2 unspecified atom stereocenters. The van der Waals surface area contributed by atoms with E-state index in [9.17, 15) is 4.79 Å². The Kier molecular flexibility index (Phi) is 5.88. The average Bonchev–Trinajstić information content (AvgIpc) is 2.35. The van der Waals surface area contributed by atoms with Crippen LogP contribution < -0.4 is 10.6 Å². The number of piperidine rings is 1. The zero-order valence-corrected chi connectivity index (χ0v) is 11.0. The Balaban J connectivity index is 2.37. The highest BCUT2D eigenvalue weighted by Gasteiger charge is 2.34. The number of rotatable bonds is 6. The molecule has 1 aliphatic rings. The number of hydrogen-bond acceptors (Lipinski definition) is 4. The Labute approximate surface area is 103 Å². The lowest BCUT2D eigenvalue weighted by Crippen LogP contribution is -2.57. The fourth-order valence-corrected chi connectivity index (χ4v) is 2.05. The molecule has 0 saturated carbocycles. The number of nitrogens with one attached hydrogen (secondary N) is 2. The molecule has 0 aromatic carbocycles. The standard InChI is InChI=1S/C12H24N2O3/c1-12(6-4-5-7-14-12)11(15)13-8-10(17-3)9-16-2/h10,14H,4-9H2,1-3H3,(H,13,15). The molecule has 1 saturated heterocycles. The van der Waals surface area contributed by atoms with Gasteiger partial charge in [-0.15, -0.1) is 0 Å². The zero-order chi connectivity index (χ0) is 12.7. The molecule has 1 aliphatic heterocycles. The third kappa shape index (κ3) is 4.26. The first-order chi connectivity index (χ1) is 8.12. The van der Waals surface area contributed by atoms with Gasteiger partial charge in [0.05, 0.1) is 18.2 Å². The van der Waals surface area contributed by atoms with E-state index in [4.69, 9.17) is 9.47 Å². The molecule has 5 nitrogen and oxygen atoms in total. The molecule has 5 heteroatoms. The largest absolute Gasteiger partial charge is 0.382 e. The van der Waals surface area contributed by atoms with E-state index in [2.05, 4.69) is 10.6 Å². The Morgan fingerprint density at radius 2 is 2.24 bits per heavy atom. The van der Waals surface area contributed by atoms with Crippen molar-refractivity contribution in [2.45, 2.75) is 37.8 Å². The summed E-state index contributed by atoms with van der Waals surface area (Å²) in [5.74, 6) is 0.0513. The predicted molar refractivity (Wildman–Crippen MR) is 65.9 cm³/mol. The topological polar surface area (TPSA) is 59.6 Å². The minimum Gasteiger partial charge on any atom is -0.382 e. The molecule has 0 aliphatic carbocycles. The summed E-state index contributed by atoms with van der Waals surface area (Å²) in [5.41, 5.74) is -0.427.